The van der Waals surface area contributed by atoms with Gasteiger partial charge in [-0.2, -0.15) is 0 Å². The number of nitrogens with one attached hydrogen (secondary N) is 4. The first-order valence-electron chi connectivity index (χ1n) is 16.9. The van der Waals surface area contributed by atoms with Gasteiger partial charge in [0, 0.05) is 43.4 Å². The van der Waals surface area contributed by atoms with E-state index in [2.05, 4.69) is 21.3 Å². The Balaban J connectivity index is 1.33. The molecule has 0 aliphatic heterocycles. The van der Waals surface area contributed by atoms with Crippen LogP contribution >= 0.6 is 0 Å². The summed E-state index contributed by atoms with van der Waals surface area (Å²) in [5.41, 5.74) is 1.56. The highest BCUT2D eigenvalue weighted by Gasteiger charge is 2.25. The van der Waals surface area contributed by atoms with Gasteiger partial charge in [-0.05, 0) is 47.4 Å². The van der Waals surface area contributed by atoms with Crippen molar-refractivity contribution in [1.29, 1.82) is 0 Å². The fourth-order valence-electron chi connectivity index (χ4n) is 5.92. The Kier molecular flexibility index (Phi) is 12.3. The largest absolute Gasteiger partial charge is 0.506 e. The van der Waals surface area contributed by atoms with Crippen LogP contribution in [0.5, 0.6) is 5.75 Å². The second kappa shape index (κ2) is 17.4. The standard InChI is InChI=1S/C40H39N5O8/c1-45-32-18-17-27(20-30(32)36(49)35(40(45)53)39(52)42-24-34(47)48)23-41-38(51)31(21-26-13-7-3-8-14-26)44-33(46)22-29(19-25-11-5-2-6-12-25)43-37(50)28-15-9-4-10-16-28/h2-18,20,29,31,49H,19,21-24H2,1H3,(H,41,51)(H,42,52)(H,43,50)(H,44,46)(H,47,48)/t29-,31+/m0/s1. The third-order valence-corrected chi connectivity index (χ3v) is 8.59. The number of fused-ring (bicyclic) bond motifs is 1. The molecule has 0 fully saturated rings. The summed E-state index contributed by atoms with van der Waals surface area (Å²) >= 11 is 0. The molecule has 4 amide bonds. The smallest absolute Gasteiger partial charge is 0.322 e. The quantitative estimate of drug-likeness (QED) is 0.0951. The highest BCUT2D eigenvalue weighted by molar-refractivity contribution is 6.03. The van der Waals surface area contributed by atoms with E-state index < -0.39 is 59.2 Å². The average molecular weight is 718 g/mol. The molecular weight excluding hydrogens is 678 g/mol. The first kappa shape index (κ1) is 37.5. The maximum Gasteiger partial charge on any atom is 0.322 e. The van der Waals surface area contributed by atoms with Crippen LogP contribution in [0.3, 0.4) is 0 Å². The summed E-state index contributed by atoms with van der Waals surface area (Å²) in [6, 6.07) is 30.4. The van der Waals surface area contributed by atoms with Crippen molar-refractivity contribution in [2.24, 2.45) is 7.05 Å². The van der Waals surface area contributed by atoms with E-state index in [-0.39, 0.29) is 30.7 Å². The normalized spacial score (nSPS) is 11.9. The molecule has 0 aliphatic rings. The molecule has 13 heteroatoms. The predicted octanol–water partition coefficient (Wildman–Crippen LogP) is 2.83. The second-order valence-electron chi connectivity index (χ2n) is 12.5. The number of rotatable bonds is 15. The summed E-state index contributed by atoms with van der Waals surface area (Å²) in [6.45, 7) is -0.787. The van der Waals surface area contributed by atoms with Crippen molar-refractivity contribution in [2.75, 3.05) is 6.54 Å². The minimum absolute atomic E-state index is 0.0392. The number of carbonyl (C=O) groups excluding carboxylic acids is 4. The summed E-state index contributed by atoms with van der Waals surface area (Å²) in [4.78, 5) is 76.8. The molecule has 0 spiro atoms. The van der Waals surface area contributed by atoms with Gasteiger partial charge < -0.3 is 36.0 Å². The third kappa shape index (κ3) is 9.94. The number of aromatic hydroxyl groups is 1. The Morgan fingerprint density at radius 1 is 0.717 bits per heavy atom. The zero-order valence-corrected chi connectivity index (χ0v) is 28.9. The van der Waals surface area contributed by atoms with Gasteiger partial charge in [0.15, 0.2) is 0 Å². The van der Waals surface area contributed by atoms with E-state index in [0.29, 0.717) is 23.1 Å². The van der Waals surface area contributed by atoms with Crippen molar-refractivity contribution >= 4 is 40.5 Å². The molecule has 0 bridgehead atoms. The molecule has 0 saturated carbocycles. The summed E-state index contributed by atoms with van der Waals surface area (Å²) in [7, 11) is 1.41. The molecule has 0 radical (unpaired) electrons. The Hall–Kier alpha value is -6.76. The van der Waals surface area contributed by atoms with Crippen LogP contribution in [0.2, 0.25) is 0 Å². The minimum Gasteiger partial charge on any atom is -0.506 e. The third-order valence-electron chi connectivity index (χ3n) is 8.59. The molecule has 0 aliphatic carbocycles. The molecule has 4 aromatic carbocycles. The lowest BCUT2D eigenvalue weighted by molar-refractivity contribution is -0.135. The number of hydrogen-bond acceptors (Lipinski definition) is 7. The van der Waals surface area contributed by atoms with E-state index in [4.69, 9.17) is 5.11 Å². The van der Waals surface area contributed by atoms with Crippen LogP contribution in [-0.4, -0.2) is 63.0 Å². The van der Waals surface area contributed by atoms with Crippen LogP contribution in [0.15, 0.2) is 114 Å². The van der Waals surface area contributed by atoms with Crippen molar-refractivity contribution in [3.8, 4) is 5.75 Å². The molecule has 0 saturated heterocycles. The van der Waals surface area contributed by atoms with Crippen molar-refractivity contribution in [1.82, 2.24) is 25.8 Å². The van der Waals surface area contributed by atoms with Crippen LogP contribution in [0.25, 0.3) is 10.9 Å². The minimum atomic E-state index is -1.32. The van der Waals surface area contributed by atoms with Gasteiger partial charge in [-0.1, -0.05) is 84.9 Å². The summed E-state index contributed by atoms with van der Waals surface area (Å²) in [6.07, 6.45) is 0.455. The van der Waals surface area contributed by atoms with E-state index >= 15 is 0 Å². The highest BCUT2D eigenvalue weighted by Crippen LogP contribution is 2.27. The number of aliphatic carboxylic acids is 1. The number of carbonyl (C=O) groups is 5. The molecule has 2 atom stereocenters. The first-order valence-corrected chi connectivity index (χ1v) is 16.9. The van der Waals surface area contributed by atoms with Gasteiger partial charge >= 0.3 is 5.97 Å². The number of benzene rings is 4. The van der Waals surface area contributed by atoms with Crippen LogP contribution in [-0.2, 0) is 40.8 Å². The van der Waals surface area contributed by atoms with Gasteiger partial charge in [-0.15, -0.1) is 0 Å². The van der Waals surface area contributed by atoms with Gasteiger partial charge in [0.2, 0.25) is 11.8 Å². The predicted molar refractivity (Wildman–Crippen MR) is 197 cm³/mol. The summed E-state index contributed by atoms with van der Waals surface area (Å²) < 4.78 is 1.16. The number of hydrogen-bond donors (Lipinski definition) is 6. The molecule has 1 heterocycles. The molecule has 5 rings (SSSR count). The number of nitrogens with zero attached hydrogens (tertiary/aromatic N) is 1. The molecule has 272 valence electrons. The Bertz CT molecular complexity index is 2170. The van der Waals surface area contributed by atoms with Gasteiger partial charge in [-0.25, -0.2) is 0 Å². The lowest BCUT2D eigenvalue weighted by Gasteiger charge is -2.22. The van der Waals surface area contributed by atoms with Crippen LogP contribution in [0, 0.1) is 0 Å². The lowest BCUT2D eigenvalue weighted by Crippen LogP contribution is -2.49. The van der Waals surface area contributed by atoms with Gasteiger partial charge in [-0.3, -0.25) is 28.8 Å². The molecule has 5 aromatic rings. The van der Waals surface area contributed by atoms with Crippen LogP contribution in [0.1, 0.15) is 43.8 Å². The number of amides is 4. The van der Waals surface area contributed by atoms with Crippen molar-refractivity contribution < 1.29 is 34.2 Å². The van der Waals surface area contributed by atoms with Gasteiger partial charge in [0.25, 0.3) is 17.4 Å². The fourth-order valence-corrected chi connectivity index (χ4v) is 5.92. The van der Waals surface area contributed by atoms with Crippen molar-refractivity contribution in [3.05, 3.63) is 147 Å². The zero-order valence-electron chi connectivity index (χ0n) is 28.9. The number of carboxylic acid groups (broad SMARTS) is 1. The van der Waals surface area contributed by atoms with Crippen LogP contribution in [0.4, 0.5) is 0 Å². The van der Waals surface area contributed by atoms with E-state index in [1.54, 1.807) is 42.5 Å². The Morgan fingerprint density at radius 2 is 1.32 bits per heavy atom. The fraction of sp³-hybridized carbons (Fsp3) is 0.200. The lowest BCUT2D eigenvalue weighted by atomic mass is 10.0. The zero-order chi connectivity index (χ0) is 37.9. The number of aryl methyl sites for hydroxylation is 1. The summed E-state index contributed by atoms with van der Waals surface area (Å²) in [5, 5.41) is 30.7. The SMILES string of the molecule is Cn1c(=O)c(C(=O)NCC(=O)O)c(O)c2cc(CNC(=O)[C@@H](Cc3ccccc3)NC(=O)C[C@H](Cc3ccccc3)NC(=O)c3ccccc3)ccc21. The monoisotopic (exact) mass is 717 g/mol. The first-order chi connectivity index (χ1) is 25.5. The molecule has 1 aromatic heterocycles. The molecular formula is C40H39N5O8. The van der Waals surface area contributed by atoms with Crippen LogP contribution < -0.4 is 26.8 Å². The average Bonchev–Trinajstić information content (AvgIpc) is 3.16. The van der Waals surface area contributed by atoms with E-state index in [1.165, 1.54) is 13.1 Å². The molecule has 0 unspecified atom stereocenters. The number of aromatic nitrogens is 1. The van der Waals surface area contributed by atoms with Gasteiger partial charge in [0.05, 0.1) is 5.52 Å². The second-order valence-corrected chi connectivity index (χ2v) is 12.5. The van der Waals surface area contributed by atoms with E-state index in [1.807, 2.05) is 60.7 Å². The molecule has 13 nitrogen and oxygen atoms in total. The highest BCUT2D eigenvalue weighted by atomic mass is 16.4. The van der Waals surface area contributed by atoms with Crippen molar-refractivity contribution in [3.63, 3.8) is 0 Å². The van der Waals surface area contributed by atoms with E-state index in [0.717, 1.165) is 15.7 Å². The Morgan fingerprint density at radius 3 is 1.94 bits per heavy atom. The van der Waals surface area contributed by atoms with E-state index in [9.17, 15) is 33.9 Å². The number of pyridine rings is 1. The molecule has 6 N–H and O–H groups in total. The van der Waals surface area contributed by atoms with Gasteiger partial charge in [0.1, 0.15) is 23.9 Å². The van der Waals surface area contributed by atoms with Crippen molar-refractivity contribution in [2.45, 2.75) is 37.9 Å². The number of carboxylic acids is 1. The summed E-state index contributed by atoms with van der Waals surface area (Å²) in [5.74, 6) is -4.26. The topological polar surface area (TPSA) is 196 Å². The molecule has 53 heavy (non-hydrogen) atoms. The maximum absolute atomic E-state index is 13.7. The maximum atomic E-state index is 13.7. The Labute approximate surface area is 304 Å².